The van der Waals surface area contributed by atoms with E-state index in [1.807, 2.05) is 24.8 Å². The van der Waals surface area contributed by atoms with Crippen LogP contribution in [0.15, 0.2) is 29.5 Å². The minimum Gasteiger partial charge on any atom is -0.462 e. The number of anilines is 1. The highest BCUT2D eigenvalue weighted by Gasteiger charge is 2.29. The van der Waals surface area contributed by atoms with Crippen LogP contribution < -0.4 is 15.5 Å². The molecule has 0 saturated heterocycles. The normalized spacial score (nSPS) is 15.9. The number of rotatable bonds is 11. The summed E-state index contributed by atoms with van der Waals surface area (Å²) in [4.78, 5) is 25.8. The lowest BCUT2D eigenvalue weighted by Gasteiger charge is -2.28. The number of hydrogen-bond donors (Lipinski definition) is 3. The number of allylic oxidation sites excluding steroid dienone is 1. The maximum Gasteiger partial charge on any atom is 0.337 e. The molecule has 9 nitrogen and oxygen atoms in total. The molecule has 1 heterocycles. The molecule has 170 valence electrons. The zero-order chi connectivity index (χ0) is 23.0. The molecule has 0 amide bonds. The van der Waals surface area contributed by atoms with Gasteiger partial charge in [0.15, 0.2) is 5.11 Å². The lowest BCUT2D eigenvalue weighted by molar-refractivity contribution is -0.384. The summed E-state index contributed by atoms with van der Waals surface area (Å²) in [7, 11) is 0. The molecule has 1 aromatic rings. The molecule has 0 aliphatic carbocycles. The largest absolute Gasteiger partial charge is 0.462 e. The monoisotopic (exact) mass is 450 g/mol. The van der Waals surface area contributed by atoms with E-state index in [1.54, 1.807) is 19.1 Å². The van der Waals surface area contributed by atoms with Crippen LogP contribution in [0.1, 0.15) is 39.2 Å². The molecular weight excluding hydrogens is 420 g/mol. The van der Waals surface area contributed by atoms with Gasteiger partial charge in [0.1, 0.15) is 5.69 Å². The van der Waals surface area contributed by atoms with Gasteiger partial charge in [0.05, 0.1) is 29.8 Å². The number of benzene rings is 1. The summed E-state index contributed by atoms with van der Waals surface area (Å²) in [6.45, 7) is 7.02. The van der Waals surface area contributed by atoms with Gasteiger partial charge in [-0.05, 0) is 43.6 Å². The van der Waals surface area contributed by atoms with E-state index in [4.69, 9.17) is 17.0 Å². The third-order valence-electron chi connectivity index (χ3n) is 4.95. The Hall–Kier alpha value is -2.72. The van der Waals surface area contributed by atoms with Gasteiger partial charge < -0.3 is 25.4 Å². The van der Waals surface area contributed by atoms with Crippen molar-refractivity contribution >= 4 is 34.7 Å². The Kier molecular flexibility index (Phi) is 9.20. The van der Waals surface area contributed by atoms with Gasteiger partial charge in [-0.2, -0.15) is 0 Å². The zero-order valence-electron chi connectivity index (χ0n) is 18.1. The number of nitrogens with zero attached hydrogens (tertiary/aromatic N) is 2. The van der Waals surface area contributed by atoms with Crippen molar-refractivity contribution in [2.24, 2.45) is 0 Å². The van der Waals surface area contributed by atoms with Gasteiger partial charge in [-0.3, -0.25) is 10.1 Å². The van der Waals surface area contributed by atoms with Crippen molar-refractivity contribution in [2.45, 2.75) is 46.1 Å². The standard InChI is InChI=1S/C21H30N4O5S/c1-4-9-24(10-5-2)17-7-6-15(12-18(17)25(28)29)8-11-30-20(27)19-14(3)22-21(31)23-16(19)13-26/h6-7,12,16,26H,4-5,8-11,13H2,1-3H3,(H2,22,23,31). The first kappa shape index (κ1) is 24.5. The molecule has 3 N–H and O–H groups in total. The molecule has 2 rings (SSSR count). The number of ether oxygens (including phenoxy) is 1. The van der Waals surface area contributed by atoms with Crippen molar-refractivity contribution in [1.82, 2.24) is 10.6 Å². The predicted octanol–water partition coefficient (Wildman–Crippen LogP) is 2.42. The highest BCUT2D eigenvalue weighted by atomic mass is 32.1. The first-order valence-corrected chi connectivity index (χ1v) is 10.8. The van der Waals surface area contributed by atoms with Gasteiger partial charge in [-0.1, -0.05) is 19.9 Å². The van der Waals surface area contributed by atoms with Crippen LogP contribution >= 0.6 is 12.2 Å². The Bertz CT molecular complexity index is 852. The number of esters is 1. The minimum absolute atomic E-state index is 0.0545. The summed E-state index contributed by atoms with van der Waals surface area (Å²) < 4.78 is 5.37. The van der Waals surface area contributed by atoms with Gasteiger partial charge in [-0.15, -0.1) is 0 Å². The molecule has 31 heavy (non-hydrogen) atoms. The second-order valence-corrected chi connectivity index (χ2v) is 7.73. The van der Waals surface area contributed by atoms with E-state index in [0.29, 0.717) is 28.5 Å². The summed E-state index contributed by atoms with van der Waals surface area (Å²) in [5.41, 5.74) is 2.18. The maximum atomic E-state index is 12.5. The van der Waals surface area contributed by atoms with Crippen LogP contribution in [0.4, 0.5) is 11.4 Å². The van der Waals surface area contributed by atoms with E-state index in [-0.39, 0.29) is 29.4 Å². The number of nitro groups is 1. The Balaban J connectivity index is 2.09. The molecule has 0 fully saturated rings. The SMILES string of the molecule is CCCN(CCC)c1ccc(CCOC(=O)C2=C(C)NC(=S)NC2CO)cc1[N+](=O)[O-]. The van der Waals surface area contributed by atoms with E-state index in [9.17, 15) is 20.0 Å². The van der Waals surface area contributed by atoms with Gasteiger partial charge in [-0.25, -0.2) is 4.79 Å². The number of nitro benzene ring substituents is 1. The quantitative estimate of drug-likeness (QED) is 0.202. The Labute approximate surface area is 187 Å². The fourth-order valence-electron chi connectivity index (χ4n) is 3.57. The maximum absolute atomic E-state index is 12.5. The van der Waals surface area contributed by atoms with Crippen molar-refractivity contribution in [1.29, 1.82) is 0 Å². The first-order chi connectivity index (χ1) is 14.8. The molecule has 0 aromatic heterocycles. The molecule has 0 saturated carbocycles. The summed E-state index contributed by atoms with van der Waals surface area (Å²) in [5, 5.41) is 27.2. The van der Waals surface area contributed by atoms with Crippen LogP contribution in [0, 0.1) is 10.1 Å². The lowest BCUT2D eigenvalue weighted by Crippen LogP contribution is -2.51. The molecule has 1 unspecified atom stereocenters. The fourth-order valence-corrected chi connectivity index (χ4v) is 3.86. The number of nitrogens with one attached hydrogen (secondary N) is 2. The number of hydrogen-bond acceptors (Lipinski definition) is 7. The third-order valence-corrected chi connectivity index (χ3v) is 5.17. The number of carbonyl (C=O) groups is 1. The van der Waals surface area contributed by atoms with Crippen molar-refractivity contribution in [3.05, 3.63) is 45.1 Å². The smallest absolute Gasteiger partial charge is 0.337 e. The Morgan fingerprint density at radius 2 is 2.00 bits per heavy atom. The van der Waals surface area contributed by atoms with Crippen LogP contribution in [-0.4, -0.2) is 53.5 Å². The molecule has 1 atom stereocenters. The molecule has 0 radical (unpaired) electrons. The summed E-state index contributed by atoms with van der Waals surface area (Å²) in [5.74, 6) is -0.567. The molecule has 1 aliphatic heterocycles. The van der Waals surface area contributed by atoms with Crippen LogP contribution in [0.2, 0.25) is 0 Å². The summed E-state index contributed by atoms with van der Waals surface area (Å²) in [6, 6.07) is 4.51. The van der Waals surface area contributed by atoms with Crippen molar-refractivity contribution in [3.63, 3.8) is 0 Å². The van der Waals surface area contributed by atoms with E-state index in [0.717, 1.165) is 25.9 Å². The molecule has 0 bridgehead atoms. The second-order valence-electron chi connectivity index (χ2n) is 7.33. The van der Waals surface area contributed by atoms with Crippen molar-refractivity contribution < 1.29 is 19.6 Å². The number of thiocarbonyl (C=S) groups is 1. The lowest BCUT2D eigenvalue weighted by atomic mass is 10.0. The zero-order valence-corrected chi connectivity index (χ0v) is 19.0. The minimum atomic E-state index is -0.635. The molecular formula is C21H30N4O5S. The van der Waals surface area contributed by atoms with Crippen LogP contribution in [-0.2, 0) is 16.0 Å². The highest BCUT2D eigenvalue weighted by molar-refractivity contribution is 7.80. The van der Waals surface area contributed by atoms with E-state index in [1.165, 1.54) is 0 Å². The van der Waals surface area contributed by atoms with Gasteiger partial charge in [0, 0.05) is 31.3 Å². The van der Waals surface area contributed by atoms with Crippen LogP contribution in [0.5, 0.6) is 0 Å². The highest BCUT2D eigenvalue weighted by Crippen LogP contribution is 2.30. The topological polar surface area (TPSA) is 117 Å². The number of aliphatic hydroxyl groups is 1. The average Bonchev–Trinajstić information content (AvgIpc) is 2.72. The molecule has 0 spiro atoms. The third kappa shape index (κ3) is 6.38. The molecule has 1 aromatic carbocycles. The van der Waals surface area contributed by atoms with E-state index >= 15 is 0 Å². The van der Waals surface area contributed by atoms with Gasteiger partial charge >= 0.3 is 5.97 Å². The fraction of sp³-hybridized carbons (Fsp3) is 0.524. The van der Waals surface area contributed by atoms with Gasteiger partial charge in [0.25, 0.3) is 5.69 Å². The summed E-state index contributed by atoms with van der Waals surface area (Å²) >= 11 is 5.03. The predicted molar refractivity (Wildman–Crippen MR) is 123 cm³/mol. The van der Waals surface area contributed by atoms with Gasteiger partial charge in [0.2, 0.25) is 0 Å². The Morgan fingerprint density at radius 1 is 1.32 bits per heavy atom. The number of carbonyl (C=O) groups excluding carboxylic acids is 1. The molecule has 10 heteroatoms. The number of aliphatic hydroxyl groups excluding tert-OH is 1. The first-order valence-electron chi connectivity index (χ1n) is 10.4. The van der Waals surface area contributed by atoms with E-state index < -0.39 is 12.0 Å². The Morgan fingerprint density at radius 3 is 2.58 bits per heavy atom. The van der Waals surface area contributed by atoms with E-state index in [2.05, 4.69) is 10.6 Å². The van der Waals surface area contributed by atoms with Crippen LogP contribution in [0.3, 0.4) is 0 Å². The summed E-state index contributed by atoms with van der Waals surface area (Å²) in [6.07, 6.45) is 2.13. The van der Waals surface area contributed by atoms with Crippen LogP contribution in [0.25, 0.3) is 0 Å². The van der Waals surface area contributed by atoms with Crippen molar-refractivity contribution in [3.8, 4) is 0 Å². The molecule has 1 aliphatic rings. The van der Waals surface area contributed by atoms with Crippen molar-refractivity contribution in [2.75, 3.05) is 31.2 Å². The average molecular weight is 451 g/mol. The second kappa shape index (κ2) is 11.6.